The van der Waals surface area contributed by atoms with Gasteiger partial charge in [0.1, 0.15) is 11.0 Å². The van der Waals surface area contributed by atoms with Crippen molar-refractivity contribution >= 4 is 23.4 Å². The molecule has 0 spiro atoms. The Bertz CT molecular complexity index is 519. The van der Waals surface area contributed by atoms with E-state index in [4.69, 9.17) is 11.6 Å². The monoisotopic (exact) mass is 254 g/mol. The summed E-state index contributed by atoms with van der Waals surface area (Å²) in [5, 5.41) is 0.842. The Balaban J connectivity index is 2.53. The Labute approximate surface area is 102 Å². The zero-order chi connectivity index (χ0) is 11.5. The largest absolute Gasteiger partial charge is 0.230 e. The molecule has 0 saturated heterocycles. The van der Waals surface area contributed by atoms with Crippen molar-refractivity contribution in [2.24, 2.45) is 0 Å². The lowest BCUT2D eigenvalue weighted by molar-refractivity contribution is 0.631. The predicted molar refractivity (Wildman–Crippen MR) is 64.2 cm³/mol. The number of halogens is 2. The molecule has 2 nitrogen and oxygen atoms in total. The smallest absolute Gasteiger partial charge is 0.188 e. The van der Waals surface area contributed by atoms with E-state index in [-0.39, 0.29) is 11.0 Å². The lowest BCUT2D eigenvalue weighted by Crippen LogP contribution is -1.91. The fourth-order valence-corrected chi connectivity index (χ4v) is 1.93. The maximum absolute atomic E-state index is 13.5. The van der Waals surface area contributed by atoms with E-state index in [0.717, 1.165) is 0 Å². The normalized spacial score (nSPS) is 10.4. The van der Waals surface area contributed by atoms with Gasteiger partial charge in [-0.05, 0) is 12.3 Å². The molecule has 0 saturated carbocycles. The Kier molecular flexibility index (Phi) is 3.41. The molecule has 2 aromatic rings. The van der Waals surface area contributed by atoms with Crippen LogP contribution in [0.4, 0.5) is 4.39 Å². The SMILES string of the molecule is CSc1ncc(-c2ccccc2F)c(Cl)n1. The van der Waals surface area contributed by atoms with Crippen LogP contribution in [0.5, 0.6) is 0 Å². The minimum atomic E-state index is -0.329. The van der Waals surface area contributed by atoms with Crippen LogP contribution in [0.25, 0.3) is 11.1 Å². The maximum atomic E-state index is 13.5. The topological polar surface area (TPSA) is 25.8 Å². The predicted octanol–water partition coefficient (Wildman–Crippen LogP) is 3.66. The first-order valence-electron chi connectivity index (χ1n) is 4.54. The van der Waals surface area contributed by atoms with Crippen LogP contribution in [0.2, 0.25) is 5.15 Å². The zero-order valence-corrected chi connectivity index (χ0v) is 10.0. The number of hydrogen-bond acceptors (Lipinski definition) is 3. The van der Waals surface area contributed by atoms with Crippen molar-refractivity contribution in [1.29, 1.82) is 0 Å². The van der Waals surface area contributed by atoms with Gasteiger partial charge in [0.2, 0.25) is 0 Å². The van der Waals surface area contributed by atoms with Crippen LogP contribution in [0.15, 0.2) is 35.6 Å². The lowest BCUT2D eigenvalue weighted by atomic mass is 10.1. The third-order valence-corrected chi connectivity index (χ3v) is 2.92. The van der Waals surface area contributed by atoms with Gasteiger partial charge < -0.3 is 0 Å². The molecule has 16 heavy (non-hydrogen) atoms. The van der Waals surface area contributed by atoms with Crippen molar-refractivity contribution in [3.8, 4) is 11.1 Å². The van der Waals surface area contributed by atoms with E-state index < -0.39 is 0 Å². The Morgan fingerprint density at radius 1 is 1.25 bits per heavy atom. The van der Waals surface area contributed by atoms with E-state index in [9.17, 15) is 4.39 Å². The van der Waals surface area contributed by atoms with Gasteiger partial charge >= 0.3 is 0 Å². The van der Waals surface area contributed by atoms with E-state index in [2.05, 4.69) is 9.97 Å². The van der Waals surface area contributed by atoms with Gasteiger partial charge in [-0.3, -0.25) is 0 Å². The molecule has 0 atom stereocenters. The van der Waals surface area contributed by atoms with Crippen molar-refractivity contribution in [2.45, 2.75) is 5.16 Å². The molecule has 0 radical (unpaired) electrons. The molecule has 82 valence electrons. The minimum Gasteiger partial charge on any atom is -0.230 e. The molecule has 0 unspecified atom stereocenters. The second-order valence-corrected chi connectivity index (χ2v) is 4.17. The molecule has 1 aromatic heterocycles. The van der Waals surface area contributed by atoms with Gasteiger partial charge in [0.15, 0.2) is 5.16 Å². The molecule has 0 aliphatic rings. The average Bonchev–Trinajstić information content (AvgIpc) is 2.30. The second-order valence-electron chi connectivity index (χ2n) is 3.04. The summed E-state index contributed by atoms with van der Waals surface area (Å²) >= 11 is 7.37. The van der Waals surface area contributed by atoms with Gasteiger partial charge in [-0.1, -0.05) is 41.6 Å². The second kappa shape index (κ2) is 4.80. The van der Waals surface area contributed by atoms with Crippen LogP contribution in [-0.2, 0) is 0 Å². The van der Waals surface area contributed by atoms with E-state index >= 15 is 0 Å². The quantitative estimate of drug-likeness (QED) is 0.465. The summed E-state index contributed by atoms with van der Waals surface area (Å²) in [6, 6.07) is 6.41. The van der Waals surface area contributed by atoms with Crippen LogP contribution < -0.4 is 0 Å². The fourth-order valence-electron chi connectivity index (χ4n) is 1.30. The zero-order valence-electron chi connectivity index (χ0n) is 8.45. The summed E-state index contributed by atoms with van der Waals surface area (Å²) in [5.74, 6) is -0.329. The average molecular weight is 255 g/mol. The van der Waals surface area contributed by atoms with Crippen molar-refractivity contribution in [1.82, 2.24) is 9.97 Å². The third-order valence-electron chi connectivity index (χ3n) is 2.07. The lowest BCUT2D eigenvalue weighted by Gasteiger charge is -2.05. The summed E-state index contributed by atoms with van der Waals surface area (Å²) in [7, 11) is 0. The Hall–Kier alpha value is -1.13. The molecule has 5 heteroatoms. The highest BCUT2D eigenvalue weighted by molar-refractivity contribution is 7.98. The first-order chi connectivity index (χ1) is 7.72. The first-order valence-corrected chi connectivity index (χ1v) is 6.14. The van der Waals surface area contributed by atoms with Crippen molar-refractivity contribution in [3.63, 3.8) is 0 Å². The number of rotatable bonds is 2. The van der Waals surface area contributed by atoms with Gasteiger partial charge in [0.25, 0.3) is 0 Å². The number of aromatic nitrogens is 2. The van der Waals surface area contributed by atoms with Crippen LogP contribution in [0, 0.1) is 5.82 Å². The van der Waals surface area contributed by atoms with E-state index in [1.807, 2.05) is 6.26 Å². The maximum Gasteiger partial charge on any atom is 0.188 e. The number of benzene rings is 1. The number of thioether (sulfide) groups is 1. The summed E-state index contributed by atoms with van der Waals surface area (Å²) in [6.45, 7) is 0. The number of hydrogen-bond donors (Lipinski definition) is 0. The Morgan fingerprint density at radius 3 is 2.62 bits per heavy atom. The highest BCUT2D eigenvalue weighted by Gasteiger charge is 2.10. The summed E-state index contributed by atoms with van der Waals surface area (Å²) in [6.07, 6.45) is 3.40. The van der Waals surface area contributed by atoms with Gasteiger partial charge in [0, 0.05) is 17.3 Å². The molecule has 1 heterocycles. The van der Waals surface area contributed by atoms with Gasteiger partial charge in [-0.25, -0.2) is 14.4 Å². The molecule has 0 fully saturated rings. The van der Waals surface area contributed by atoms with Crippen LogP contribution in [0.3, 0.4) is 0 Å². The standard InChI is InChI=1S/C11H8ClFN2S/c1-16-11-14-6-8(10(12)15-11)7-4-2-3-5-9(7)13/h2-6H,1H3. The van der Waals surface area contributed by atoms with Crippen molar-refractivity contribution in [2.75, 3.05) is 6.26 Å². The van der Waals surface area contributed by atoms with Gasteiger partial charge in [-0.2, -0.15) is 0 Å². The minimum absolute atomic E-state index is 0.268. The highest BCUT2D eigenvalue weighted by Crippen LogP contribution is 2.28. The first kappa shape index (κ1) is 11.4. The molecule has 0 bridgehead atoms. The Morgan fingerprint density at radius 2 is 2.00 bits per heavy atom. The summed E-state index contributed by atoms with van der Waals surface area (Å²) in [4.78, 5) is 8.14. The molecular weight excluding hydrogens is 247 g/mol. The molecular formula is C11H8ClFN2S. The van der Waals surface area contributed by atoms with Crippen molar-refractivity contribution in [3.05, 3.63) is 41.4 Å². The van der Waals surface area contributed by atoms with E-state index in [1.54, 1.807) is 24.4 Å². The summed E-state index contributed by atoms with van der Waals surface area (Å²) in [5.41, 5.74) is 0.928. The molecule has 0 N–H and O–H groups in total. The van der Waals surface area contributed by atoms with Crippen LogP contribution in [0.1, 0.15) is 0 Å². The van der Waals surface area contributed by atoms with Crippen LogP contribution in [-0.4, -0.2) is 16.2 Å². The highest BCUT2D eigenvalue weighted by atomic mass is 35.5. The van der Waals surface area contributed by atoms with E-state index in [1.165, 1.54) is 17.8 Å². The van der Waals surface area contributed by atoms with Crippen LogP contribution >= 0.6 is 23.4 Å². The van der Waals surface area contributed by atoms with Crippen molar-refractivity contribution < 1.29 is 4.39 Å². The van der Waals surface area contributed by atoms with Gasteiger partial charge in [0.05, 0.1) is 0 Å². The summed E-state index contributed by atoms with van der Waals surface area (Å²) < 4.78 is 13.5. The fraction of sp³-hybridized carbons (Fsp3) is 0.0909. The van der Waals surface area contributed by atoms with Gasteiger partial charge in [-0.15, -0.1) is 0 Å². The molecule has 1 aromatic carbocycles. The van der Waals surface area contributed by atoms with E-state index in [0.29, 0.717) is 16.3 Å². The molecule has 0 aliphatic carbocycles. The molecule has 0 amide bonds. The molecule has 2 rings (SSSR count). The number of nitrogens with zero attached hydrogens (tertiary/aromatic N) is 2. The third kappa shape index (κ3) is 2.18. The molecule has 0 aliphatic heterocycles.